The molecule has 154 valence electrons. The first-order valence-corrected chi connectivity index (χ1v) is 9.32. The third kappa shape index (κ3) is 6.41. The van der Waals surface area contributed by atoms with Gasteiger partial charge in [0.25, 0.3) is 5.91 Å². The number of carboxylic acid groups (broad SMARTS) is 1. The Morgan fingerprint density at radius 3 is 2.07 bits per heavy atom. The Bertz CT molecular complexity index is 863. The molecule has 2 amide bonds. The van der Waals surface area contributed by atoms with Crippen molar-refractivity contribution in [3.63, 3.8) is 0 Å². The van der Waals surface area contributed by atoms with Crippen LogP contribution < -0.4 is 10.6 Å². The number of hydrogen-bond acceptors (Lipinski definition) is 3. The van der Waals surface area contributed by atoms with Gasteiger partial charge in [0.05, 0.1) is 12.5 Å². The Morgan fingerprint density at radius 1 is 0.966 bits per heavy atom. The average molecular weight is 400 g/mol. The summed E-state index contributed by atoms with van der Waals surface area (Å²) in [4.78, 5) is 36.6. The first-order chi connectivity index (χ1) is 13.7. The number of aliphatic carboxylic acids is 1. The molecule has 0 aromatic heterocycles. The number of carboxylic acids is 1. The highest BCUT2D eigenvalue weighted by atomic mass is 19.1. The van der Waals surface area contributed by atoms with Crippen LogP contribution in [-0.2, 0) is 9.59 Å². The number of hydrogen-bond donors (Lipinski definition) is 3. The lowest BCUT2D eigenvalue weighted by molar-refractivity contribution is -0.137. The number of halogens is 1. The summed E-state index contributed by atoms with van der Waals surface area (Å²) in [5.74, 6) is -2.75. The second-order valence-corrected chi connectivity index (χ2v) is 7.27. The first-order valence-electron chi connectivity index (χ1n) is 9.32. The summed E-state index contributed by atoms with van der Waals surface area (Å²) in [5, 5.41) is 14.6. The van der Waals surface area contributed by atoms with Crippen molar-refractivity contribution in [3.05, 3.63) is 71.0 Å². The minimum Gasteiger partial charge on any atom is -0.481 e. The van der Waals surface area contributed by atoms with Gasteiger partial charge in [0.1, 0.15) is 11.9 Å². The van der Waals surface area contributed by atoms with Crippen molar-refractivity contribution in [1.29, 1.82) is 0 Å². The summed E-state index contributed by atoms with van der Waals surface area (Å²) in [6.07, 6.45) is -0.286. The third-order valence-electron chi connectivity index (χ3n) is 4.52. The molecule has 2 aromatic rings. The molecule has 2 aromatic carbocycles. The molecule has 6 nitrogen and oxygen atoms in total. The lowest BCUT2D eigenvalue weighted by atomic mass is 9.99. The molecule has 0 saturated heterocycles. The normalized spacial score (nSPS) is 12.9. The smallest absolute Gasteiger partial charge is 0.305 e. The molecule has 0 aliphatic heterocycles. The molecule has 0 aliphatic rings. The van der Waals surface area contributed by atoms with Gasteiger partial charge < -0.3 is 15.7 Å². The van der Waals surface area contributed by atoms with Gasteiger partial charge in [0, 0.05) is 5.56 Å². The zero-order valence-corrected chi connectivity index (χ0v) is 16.6. The SMILES string of the molecule is Cc1ccc([C@H](CC(=O)O)NC(=O)[C@@H](NC(=O)c2ccc(F)cc2)C(C)C)cc1. The summed E-state index contributed by atoms with van der Waals surface area (Å²) < 4.78 is 13.1. The first kappa shape index (κ1) is 22.1. The van der Waals surface area contributed by atoms with Gasteiger partial charge in [0.2, 0.25) is 5.91 Å². The fourth-order valence-corrected chi connectivity index (χ4v) is 2.85. The molecule has 0 spiro atoms. The van der Waals surface area contributed by atoms with Crippen LogP contribution in [0.5, 0.6) is 0 Å². The minimum absolute atomic E-state index is 0.227. The Morgan fingerprint density at radius 2 is 1.55 bits per heavy atom. The van der Waals surface area contributed by atoms with E-state index in [1.165, 1.54) is 24.3 Å². The van der Waals surface area contributed by atoms with Crippen LogP contribution in [-0.4, -0.2) is 28.9 Å². The van der Waals surface area contributed by atoms with Crippen molar-refractivity contribution in [2.75, 3.05) is 0 Å². The van der Waals surface area contributed by atoms with E-state index in [0.717, 1.165) is 5.56 Å². The molecule has 0 aliphatic carbocycles. The van der Waals surface area contributed by atoms with Crippen LogP contribution in [0.3, 0.4) is 0 Å². The zero-order valence-electron chi connectivity index (χ0n) is 16.6. The molecule has 2 rings (SSSR count). The maximum absolute atomic E-state index is 13.1. The minimum atomic E-state index is -1.05. The van der Waals surface area contributed by atoms with Crippen LogP contribution >= 0.6 is 0 Å². The van der Waals surface area contributed by atoms with Gasteiger partial charge in [-0.3, -0.25) is 14.4 Å². The highest BCUT2D eigenvalue weighted by Crippen LogP contribution is 2.19. The lowest BCUT2D eigenvalue weighted by Crippen LogP contribution is -2.50. The number of carbonyl (C=O) groups excluding carboxylic acids is 2. The molecule has 3 N–H and O–H groups in total. The van der Waals surface area contributed by atoms with E-state index in [4.69, 9.17) is 0 Å². The Kier molecular flexibility index (Phi) is 7.47. The maximum atomic E-state index is 13.1. The summed E-state index contributed by atoms with van der Waals surface area (Å²) in [7, 11) is 0. The average Bonchev–Trinajstić information content (AvgIpc) is 2.65. The van der Waals surface area contributed by atoms with Crippen LogP contribution in [0, 0.1) is 18.7 Å². The van der Waals surface area contributed by atoms with Gasteiger partial charge in [-0.05, 0) is 42.7 Å². The van der Waals surface area contributed by atoms with Crippen molar-refractivity contribution in [2.24, 2.45) is 5.92 Å². The number of amides is 2. The summed E-state index contributed by atoms with van der Waals surface area (Å²) >= 11 is 0. The molecule has 0 heterocycles. The van der Waals surface area contributed by atoms with Gasteiger partial charge in [-0.25, -0.2) is 4.39 Å². The molecule has 0 bridgehead atoms. The molecule has 0 unspecified atom stereocenters. The second-order valence-electron chi connectivity index (χ2n) is 7.27. The molecular weight excluding hydrogens is 375 g/mol. The van der Waals surface area contributed by atoms with Crippen molar-refractivity contribution < 1.29 is 23.9 Å². The van der Waals surface area contributed by atoms with Crippen molar-refractivity contribution >= 4 is 17.8 Å². The zero-order chi connectivity index (χ0) is 21.6. The van der Waals surface area contributed by atoms with Gasteiger partial charge in [-0.1, -0.05) is 43.7 Å². The van der Waals surface area contributed by atoms with E-state index in [1.807, 2.05) is 19.1 Å². The highest BCUT2D eigenvalue weighted by Gasteiger charge is 2.28. The van der Waals surface area contributed by atoms with Gasteiger partial charge in [0.15, 0.2) is 0 Å². The van der Waals surface area contributed by atoms with Gasteiger partial charge >= 0.3 is 5.97 Å². The Labute approximate surface area is 169 Å². The molecule has 29 heavy (non-hydrogen) atoms. The van der Waals surface area contributed by atoms with E-state index in [-0.39, 0.29) is 17.9 Å². The van der Waals surface area contributed by atoms with Crippen molar-refractivity contribution in [1.82, 2.24) is 10.6 Å². The quantitative estimate of drug-likeness (QED) is 0.634. The monoisotopic (exact) mass is 400 g/mol. The molecule has 0 fully saturated rings. The third-order valence-corrected chi connectivity index (χ3v) is 4.52. The van der Waals surface area contributed by atoms with Crippen molar-refractivity contribution in [2.45, 2.75) is 39.3 Å². The van der Waals surface area contributed by atoms with E-state index < -0.39 is 35.7 Å². The number of benzene rings is 2. The highest BCUT2D eigenvalue weighted by molar-refractivity contribution is 5.97. The van der Waals surface area contributed by atoms with Crippen LogP contribution in [0.25, 0.3) is 0 Å². The van der Waals surface area contributed by atoms with E-state index in [1.54, 1.807) is 26.0 Å². The van der Waals surface area contributed by atoms with Crippen LogP contribution in [0.15, 0.2) is 48.5 Å². The maximum Gasteiger partial charge on any atom is 0.305 e. The molecule has 0 saturated carbocycles. The Hall–Kier alpha value is -3.22. The number of aryl methyl sites for hydroxylation is 1. The number of rotatable bonds is 8. The number of carbonyl (C=O) groups is 3. The molecule has 7 heteroatoms. The molecule has 2 atom stereocenters. The van der Waals surface area contributed by atoms with E-state index in [0.29, 0.717) is 5.56 Å². The predicted octanol–water partition coefficient (Wildman–Crippen LogP) is 3.22. The summed E-state index contributed by atoms with van der Waals surface area (Å²) in [5.41, 5.74) is 1.91. The van der Waals surface area contributed by atoms with E-state index in [2.05, 4.69) is 10.6 Å². The van der Waals surface area contributed by atoms with Crippen LogP contribution in [0.4, 0.5) is 4.39 Å². The fraction of sp³-hybridized carbons (Fsp3) is 0.318. The number of nitrogens with one attached hydrogen (secondary N) is 2. The summed E-state index contributed by atoms with van der Waals surface area (Å²) in [6, 6.07) is 10.6. The Balaban J connectivity index is 2.16. The molecule has 0 radical (unpaired) electrons. The van der Waals surface area contributed by atoms with Gasteiger partial charge in [-0.2, -0.15) is 0 Å². The standard InChI is InChI=1S/C22H25FN2O4/c1-13(2)20(25-21(28)16-8-10-17(23)11-9-16)22(29)24-18(12-19(26)27)15-6-4-14(3)5-7-15/h4-11,13,18,20H,12H2,1-3H3,(H,24,29)(H,25,28)(H,26,27)/t18-,20-/m0/s1. The largest absolute Gasteiger partial charge is 0.481 e. The van der Waals surface area contributed by atoms with Crippen LogP contribution in [0.1, 0.15) is 47.8 Å². The second kappa shape index (κ2) is 9.82. The van der Waals surface area contributed by atoms with E-state index in [9.17, 15) is 23.9 Å². The molecular formula is C22H25FN2O4. The van der Waals surface area contributed by atoms with Crippen molar-refractivity contribution in [3.8, 4) is 0 Å². The topological polar surface area (TPSA) is 95.5 Å². The van der Waals surface area contributed by atoms with Gasteiger partial charge in [-0.15, -0.1) is 0 Å². The van der Waals surface area contributed by atoms with Crippen LogP contribution in [0.2, 0.25) is 0 Å². The summed E-state index contributed by atoms with van der Waals surface area (Å²) in [6.45, 7) is 5.45. The fourth-order valence-electron chi connectivity index (χ4n) is 2.85. The lowest BCUT2D eigenvalue weighted by Gasteiger charge is -2.25. The van der Waals surface area contributed by atoms with E-state index >= 15 is 0 Å². The predicted molar refractivity (Wildman–Crippen MR) is 107 cm³/mol.